The molecule has 0 atom stereocenters. The average molecular weight is 367 g/mol. The fraction of sp³-hybridized carbons (Fsp3) is 0.450. The fourth-order valence-electron chi connectivity index (χ4n) is 3.60. The highest BCUT2D eigenvalue weighted by molar-refractivity contribution is 7.16. The van der Waals surface area contributed by atoms with Crippen molar-refractivity contribution in [1.82, 2.24) is 4.98 Å². The summed E-state index contributed by atoms with van der Waals surface area (Å²) >= 11 is 1.53. The van der Waals surface area contributed by atoms with E-state index in [9.17, 15) is 9.59 Å². The van der Waals surface area contributed by atoms with Crippen molar-refractivity contribution in [2.75, 3.05) is 16.8 Å². The first-order valence-corrected chi connectivity index (χ1v) is 10.1. The molecular formula is C20H21N3O2S. The number of benzene rings is 1. The molecule has 0 radical (unpaired) electrons. The van der Waals surface area contributed by atoms with Gasteiger partial charge in [-0.15, -0.1) is 11.3 Å². The molecule has 0 saturated heterocycles. The van der Waals surface area contributed by atoms with Crippen LogP contribution >= 0.6 is 11.3 Å². The molecule has 134 valence electrons. The summed E-state index contributed by atoms with van der Waals surface area (Å²) in [4.78, 5) is 32.1. The number of hydrogen-bond acceptors (Lipinski definition) is 4. The third-order valence-electron chi connectivity index (χ3n) is 5.42. The maximum Gasteiger partial charge on any atom is 0.230 e. The molecule has 1 aliphatic heterocycles. The quantitative estimate of drug-likeness (QED) is 0.895. The lowest BCUT2D eigenvalue weighted by Gasteiger charge is -2.17. The summed E-state index contributed by atoms with van der Waals surface area (Å²) in [6, 6.07) is 6.26. The summed E-state index contributed by atoms with van der Waals surface area (Å²) in [6.45, 7) is 2.82. The number of rotatable bonds is 4. The first-order valence-electron chi connectivity index (χ1n) is 9.33. The summed E-state index contributed by atoms with van der Waals surface area (Å²) in [5.74, 6) is 0.802. The Labute approximate surface area is 156 Å². The normalized spacial score (nSPS) is 18.7. The van der Waals surface area contributed by atoms with E-state index in [4.69, 9.17) is 0 Å². The fourth-order valence-corrected chi connectivity index (χ4v) is 4.44. The minimum absolute atomic E-state index is 0.0912. The third-order valence-corrected chi connectivity index (χ3v) is 6.30. The molecule has 1 aromatic heterocycles. The molecule has 1 N–H and O–H groups in total. The van der Waals surface area contributed by atoms with Crippen molar-refractivity contribution in [2.24, 2.45) is 11.8 Å². The highest BCUT2D eigenvalue weighted by Crippen LogP contribution is 2.39. The number of anilines is 2. The number of carbonyl (C=O) groups excluding carboxylic acids is 2. The van der Waals surface area contributed by atoms with Crippen LogP contribution in [0.2, 0.25) is 0 Å². The van der Waals surface area contributed by atoms with Crippen LogP contribution < -0.4 is 10.2 Å². The highest BCUT2D eigenvalue weighted by atomic mass is 32.1. The van der Waals surface area contributed by atoms with Crippen molar-refractivity contribution in [3.63, 3.8) is 0 Å². The van der Waals surface area contributed by atoms with Gasteiger partial charge in [0.05, 0.1) is 5.69 Å². The second-order valence-corrected chi connectivity index (χ2v) is 8.75. The average Bonchev–Trinajstić information content (AvgIpc) is 3.54. The molecule has 0 bridgehead atoms. The van der Waals surface area contributed by atoms with E-state index in [1.54, 1.807) is 0 Å². The molecular weight excluding hydrogens is 346 g/mol. The lowest BCUT2D eigenvalue weighted by molar-refractivity contribution is -0.119. The lowest BCUT2D eigenvalue weighted by Crippen LogP contribution is -2.30. The van der Waals surface area contributed by atoms with Crippen LogP contribution in [0.4, 0.5) is 10.8 Å². The second kappa shape index (κ2) is 5.91. The number of fused-ring (bicyclic) bond motifs is 1. The van der Waals surface area contributed by atoms with Gasteiger partial charge < -0.3 is 10.2 Å². The van der Waals surface area contributed by atoms with Crippen LogP contribution in [0.5, 0.6) is 0 Å². The largest absolute Gasteiger partial charge is 0.312 e. The zero-order valence-electron chi connectivity index (χ0n) is 14.7. The Bertz CT molecular complexity index is 912. The molecule has 2 aromatic rings. The summed E-state index contributed by atoms with van der Waals surface area (Å²) in [5, 5.41) is 3.63. The minimum Gasteiger partial charge on any atom is -0.312 e. The molecule has 2 amide bonds. The van der Waals surface area contributed by atoms with Crippen molar-refractivity contribution in [2.45, 2.75) is 39.0 Å². The molecule has 5 rings (SSSR count). The summed E-state index contributed by atoms with van der Waals surface area (Å²) in [5.41, 5.74) is 4.26. The highest BCUT2D eigenvalue weighted by Gasteiger charge is 2.36. The van der Waals surface area contributed by atoms with Crippen molar-refractivity contribution >= 4 is 34.0 Å². The first kappa shape index (κ1) is 16.0. The number of carbonyl (C=O) groups is 2. The molecule has 2 saturated carbocycles. The first-order chi connectivity index (χ1) is 12.6. The molecule has 2 aliphatic carbocycles. The van der Waals surface area contributed by atoms with Crippen LogP contribution in [0.3, 0.4) is 0 Å². The number of hydrogen-bond donors (Lipinski definition) is 1. The number of amides is 2. The maximum absolute atomic E-state index is 12.4. The smallest absolute Gasteiger partial charge is 0.230 e. The van der Waals surface area contributed by atoms with Gasteiger partial charge in [-0.2, -0.15) is 0 Å². The summed E-state index contributed by atoms with van der Waals surface area (Å²) in [7, 11) is 0. The van der Waals surface area contributed by atoms with Gasteiger partial charge in [0.1, 0.15) is 0 Å². The maximum atomic E-state index is 12.4. The molecule has 26 heavy (non-hydrogen) atoms. The molecule has 0 unspecified atom stereocenters. The second-order valence-electron chi connectivity index (χ2n) is 7.54. The molecule has 2 fully saturated rings. The van der Waals surface area contributed by atoms with E-state index in [2.05, 4.69) is 22.4 Å². The van der Waals surface area contributed by atoms with Crippen LogP contribution in [0.1, 0.15) is 36.1 Å². The molecule has 1 aromatic carbocycles. The predicted octanol–water partition coefficient (Wildman–Crippen LogP) is 3.77. The summed E-state index contributed by atoms with van der Waals surface area (Å²) < 4.78 is 0. The van der Waals surface area contributed by atoms with Crippen LogP contribution in [-0.2, 0) is 16.0 Å². The zero-order chi connectivity index (χ0) is 17.8. The van der Waals surface area contributed by atoms with Crippen molar-refractivity contribution in [3.05, 3.63) is 28.6 Å². The number of nitrogens with zero attached hydrogens (tertiary/aromatic N) is 2. The topological polar surface area (TPSA) is 62.3 Å². The van der Waals surface area contributed by atoms with Crippen LogP contribution in [0.15, 0.2) is 18.2 Å². The van der Waals surface area contributed by atoms with Gasteiger partial charge in [0.15, 0.2) is 5.13 Å². The van der Waals surface area contributed by atoms with Gasteiger partial charge in [-0.25, -0.2) is 4.98 Å². The molecule has 3 aliphatic rings. The lowest BCUT2D eigenvalue weighted by atomic mass is 10.1. The van der Waals surface area contributed by atoms with Crippen molar-refractivity contribution in [3.8, 4) is 11.3 Å². The third kappa shape index (κ3) is 2.82. The van der Waals surface area contributed by atoms with Crippen molar-refractivity contribution < 1.29 is 9.59 Å². The van der Waals surface area contributed by atoms with Gasteiger partial charge in [0, 0.05) is 34.5 Å². The Morgan fingerprint density at radius 3 is 2.69 bits per heavy atom. The standard InChI is InChI=1S/C20H21N3O2S/c1-11-17(21-20(26-11)22-18(24)12-2-3-12)15-6-7-16-14(10-15)8-9-23(16)19(25)13-4-5-13/h6-7,10,12-13H,2-5,8-9H2,1H3,(H,21,22,24). The predicted molar refractivity (Wildman–Crippen MR) is 102 cm³/mol. The Hall–Kier alpha value is -2.21. The van der Waals surface area contributed by atoms with E-state index < -0.39 is 0 Å². The molecule has 0 spiro atoms. The monoisotopic (exact) mass is 367 g/mol. The van der Waals surface area contributed by atoms with E-state index in [-0.39, 0.29) is 23.7 Å². The van der Waals surface area contributed by atoms with Crippen molar-refractivity contribution in [1.29, 1.82) is 0 Å². The van der Waals surface area contributed by atoms with E-state index in [1.165, 1.54) is 16.9 Å². The number of thiazole rings is 1. The van der Waals surface area contributed by atoms with Gasteiger partial charge in [-0.1, -0.05) is 6.07 Å². The Balaban J connectivity index is 1.40. The van der Waals surface area contributed by atoms with Crippen LogP contribution in [-0.4, -0.2) is 23.3 Å². The van der Waals surface area contributed by atoms with Gasteiger partial charge in [-0.3, -0.25) is 9.59 Å². The summed E-state index contributed by atoms with van der Waals surface area (Å²) in [6.07, 6.45) is 4.95. The van der Waals surface area contributed by atoms with E-state index >= 15 is 0 Å². The van der Waals surface area contributed by atoms with Gasteiger partial charge >= 0.3 is 0 Å². The zero-order valence-corrected chi connectivity index (χ0v) is 15.6. The SMILES string of the molecule is Cc1sc(NC(=O)C2CC2)nc1-c1ccc2c(c1)CCN2C(=O)C1CC1. The molecule has 5 nitrogen and oxygen atoms in total. The molecule has 6 heteroatoms. The Morgan fingerprint density at radius 2 is 1.96 bits per heavy atom. The van der Waals surface area contributed by atoms with Crippen LogP contribution in [0.25, 0.3) is 11.3 Å². The number of aryl methyl sites for hydroxylation is 1. The van der Waals surface area contributed by atoms with E-state index in [0.29, 0.717) is 5.13 Å². The number of nitrogens with one attached hydrogen (secondary N) is 1. The Kier molecular flexibility index (Phi) is 3.64. The van der Waals surface area contributed by atoms with Gasteiger partial charge in [-0.05, 0) is 56.7 Å². The number of aromatic nitrogens is 1. The van der Waals surface area contributed by atoms with Gasteiger partial charge in [0.25, 0.3) is 0 Å². The van der Waals surface area contributed by atoms with E-state index in [1.807, 2.05) is 17.9 Å². The van der Waals surface area contributed by atoms with Crippen LogP contribution in [0, 0.1) is 18.8 Å². The van der Waals surface area contributed by atoms with E-state index in [0.717, 1.165) is 60.5 Å². The minimum atomic E-state index is 0.0912. The molecule has 2 heterocycles. The van der Waals surface area contributed by atoms with Gasteiger partial charge in [0.2, 0.25) is 11.8 Å². The Morgan fingerprint density at radius 1 is 1.19 bits per heavy atom.